The van der Waals surface area contributed by atoms with Crippen molar-refractivity contribution in [2.45, 2.75) is 84.5 Å². The third-order valence-electron chi connectivity index (χ3n) is 6.44. The van der Waals surface area contributed by atoms with Crippen LogP contribution < -0.4 is 4.90 Å². The molecule has 3 atom stereocenters. The lowest BCUT2D eigenvalue weighted by Gasteiger charge is -2.34. The van der Waals surface area contributed by atoms with Gasteiger partial charge in [0.15, 0.2) is 0 Å². The van der Waals surface area contributed by atoms with E-state index in [9.17, 15) is 19.8 Å². The number of nitrogens with zero attached hydrogens (tertiary/aromatic N) is 1. The molecule has 1 amide bonds. The molecule has 0 radical (unpaired) electrons. The topological polar surface area (TPSA) is 87.1 Å². The lowest BCUT2D eigenvalue weighted by atomic mass is 9.82. The number of anilines is 1. The molecule has 1 aromatic heterocycles. The predicted octanol–water partition coefficient (Wildman–Crippen LogP) is 4.54. The second kappa shape index (κ2) is 9.94. The number of carbonyl (C=O) groups excluding carboxylic acids is 1. The summed E-state index contributed by atoms with van der Waals surface area (Å²) < 4.78 is 5.41. The van der Waals surface area contributed by atoms with Gasteiger partial charge in [-0.3, -0.25) is 4.79 Å². The summed E-state index contributed by atoms with van der Waals surface area (Å²) in [6, 6.07) is 1.43. The fourth-order valence-corrected chi connectivity index (χ4v) is 5.48. The first-order chi connectivity index (χ1) is 15.0. The van der Waals surface area contributed by atoms with Gasteiger partial charge in [0.05, 0.1) is 22.8 Å². The second-order valence-corrected chi connectivity index (χ2v) is 11.3. The van der Waals surface area contributed by atoms with Gasteiger partial charge in [0.1, 0.15) is 4.88 Å². The maximum atomic E-state index is 13.8. The van der Waals surface area contributed by atoms with Crippen LogP contribution in [0.15, 0.2) is 6.07 Å². The Hall–Kier alpha value is -1.88. The SMILES string of the molecule is COC1CC(N(C(=O)C2CCC(C)CC2)c2cc(C#CC(C)(C)C)sc2C(=O)O)CC1O. The van der Waals surface area contributed by atoms with Crippen LogP contribution in [-0.2, 0) is 9.53 Å². The molecule has 176 valence electrons. The number of rotatable bonds is 5. The standard InChI is InChI=1S/C25H35NO5S/c1-15-6-8-16(9-7-15)23(28)26(17-12-20(27)21(13-17)31-5)19-14-18(10-11-25(2,3)4)32-22(19)24(29)30/h14-17,20-21,27H,6-9,12-13H2,1-5H3,(H,29,30). The van der Waals surface area contributed by atoms with Crippen molar-refractivity contribution in [2.24, 2.45) is 17.3 Å². The van der Waals surface area contributed by atoms with Gasteiger partial charge in [-0.25, -0.2) is 4.79 Å². The Bertz CT molecular complexity index is 898. The average molecular weight is 462 g/mol. The summed E-state index contributed by atoms with van der Waals surface area (Å²) in [5.41, 5.74) is 0.182. The molecule has 0 aliphatic heterocycles. The maximum absolute atomic E-state index is 13.8. The fourth-order valence-electron chi connectivity index (χ4n) is 4.64. The largest absolute Gasteiger partial charge is 0.477 e. The van der Waals surface area contributed by atoms with Crippen molar-refractivity contribution in [3.05, 3.63) is 15.8 Å². The molecule has 3 rings (SSSR count). The van der Waals surface area contributed by atoms with E-state index >= 15 is 0 Å². The minimum absolute atomic E-state index is 0.0403. The normalized spacial score (nSPS) is 28.1. The van der Waals surface area contributed by atoms with Gasteiger partial charge in [0, 0.05) is 24.5 Å². The van der Waals surface area contributed by atoms with Gasteiger partial charge in [-0.1, -0.05) is 18.8 Å². The number of aliphatic hydroxyl groups is 1. The van der Waals surface area contributed by atoms with E-state index in [1.165, 1.54) is 0 Å². The van der Waals surface area contributed by atoms with Crippen molar-refractivity contribution in [3.8, 4) is 11.8 Å². The number of hydrogen-bond donors (Lipinski definition) is 2. The summed E-state index contributed by atoms with van der Waals surface area (Å²) >= 11 is 1.11. The lowest BCUT2D eigenvalue weighted by molar-refractivity contribution is -0.124. The highest BCUT2D eigenvalue weighted by molar-refractivity contribution is 7.15. The van der Waals surface area contributed by atoms with Gasteiger partial charge in [0.25, 0.3) is 0 Å². The van der Waals surface area contributed by atoms with Crippen LogP contribution >= 0.6 is 11.3 Å². The van der Waals surface area contributed by atoms with Crippen molar-refractivity contribution in [2.75, 3.05) is 12.0 Å². The molecule has 1 heterocycles. The summed E-state index contributed by atoms with van der Waals surface area (Å²) in [6.45, 7) is 8.20. The molecule has 2 saturated carbocycles. The summed E-state index contributed by atoms with van der Waals surface area (Å²) in [5.74, 6) is 5.61. The Labute approximate surface area is 195 Å². The number of ether oxygens (including phenoxy) is 1. The highest BCUT2D eigenvalue weighted by Gasteiger charge is 2.42. The first kappa shape index (κ1) is 24.8. The first-order valence-corrected chi connectivity index (χ1v) is 12.3. The Balaban J connectivity index is 2.02. The lowest BCUT2D eigenvalue weighted by Crippen LogP contribution is -2.44. The number of amides is 1. The monoisotopic (exact) mass is 461 g/mol. The number of methoxy groups -OCH3 is 1. The zero-order valence-electron chi connectivity index (χ0n) is 19.7. The minimum Gasteiger partial charge on any atom is -0.477 e. The van der Waals surface area contributed by atoms with Crippen molar-refractivity contribution >= 4 is 28.9 Å². The Morgan fingerprint density at radius 2 is 1.84 bits per heavy atom. The Morgan fingerprint density at radius 3 is 2.38 bits per heavy atom. The smallest absolute Gasteiger partial charge is 0.348 e. The Morgan fingerprint density at radius 1 is 1.19 bits per heavy atom. The fraction of sp³-hybridized carbons (Fsp3) is 0.680. The molecular formula is C25H35NO5S. The van der Waals surface area contributed by atoms with Crippen LogP contribution in [0.2, 0.25) is 0 Å². The molecule has 6 nitrogen and oxygen atoms in total. The summed E-state index contributed by atoms with van der Waals surface area (Å²) in [6.07, 6.45) is 3.40. The molecule has 1 aromatic rings. The number of aliphatic hydroxyl groups excluding tert-OH is 1. The van der Waals surface area contributed by atoms with E-state index in [0.29, 0.717) is 29.3 Å². The molecule has 2 aliphatic rings. The highest BCUT2D eigenvalue weighted by Crippen LogP contribution is 2.39. The molecule has 0 aromatic carbocycles. The van der Waals surface area contributed by atoms with Crippen molar-refractivity contribution in [3.63, 3.8) is 0 Å². The van der Waals surface area contributed by atoms with E-state index in [-0.39, 0.29) is 34.3 Å². The van der Waals surface area contributed by atoms with Gasteiger partial charge in [-0.05, 0) is 71.3 Å². The average Bonchev–Trinajstić information content (AvgIpc) is 3.30. The summed E-state index contributed by atoms with van der Waals surface area (Å²) in [4.78, 5) is 28.3. The van der Waals surface area contributed by atoms with Crippen molar-refractivity contribution in [1.29, 1.82) is 0 Å². The number of carboxylic acids is 1. The van der Waals surface area contributed by atoms with Crippen molar-refractivity contribution in [1.82, 2.24) is 0 Å². The number of carboxylic acid groups (broad SMARTS) is 1. The van der Waals surface area contributed by atoms with E-state index in [0.717, 1.165) is 37.0 Å². The van der Waals surface area contributed by atoms with E-state index in [1.54, 1.807) is 18.1 Å². The van der Waals surface area contributed by atoms with Gasteiger partial charge >= 0.3 is 5.97 Å². The van der Waals surface area contributed by atoms with Gasteiger partial charge in [-0.15, -0.1) is 11.3 Å². The minimum atomic E-state index is -1.06. The molecule has 0 spiro atoms. The van der Waals surface area contributed by atoms with Gasteiger partial charge in [-0.2, -0.15) is 0 Å². The number of carbonyl (C=O) groups is 2. The van der Waals surface area contributed by atoms with E-state index in [1.807, 2.05) is 20.8 Å². The summed E-state index contributed by atoms with van der Waals surface area (Å²) in [5, 5.41) is 20.4. The van der Waals surface area contributed by atoms with E-state index < -0.39 is 12.1 Å². The number of hydrogen-bond acceptors (Lipinski definition) is 5. The van der Waals surface area contributed by atoms with E-state index in [4.69, 9.17) is 4.74 Å². The molecule has 32 heavy (non-hydrogen) atoms. The third kappa shape index (κ3) is 5.72. The van der Waals surface area contributed by atoms with Crippen LogP contribution in [0.1, 0.15) is 80.8 Å². The molecular weight excluding hydrogens is 426 g/mol. The molecule has 2 aliphatic carbocycles. The third-order valence-corrected chi connectivity index (χ3v) is 7.47. The van der Waals surface area contributed by atoms with Crippen LogP contribution in [0, 0.1) is 29.1 Å². The molecule has 2 N–H and O–H groups in total. The van der Waals surface area contributed by atoms with E-state index in [2.05, 4.69) is 18.8 Å². The molecule has 0 bridgehead atoms. The predicted molar refractivity (Wildman–Crippen MR) is 126 cm³/mol. The van der Waals surface area contributed by atoms with Gasteiger partial charge < -0.3 is 19.8 Å². The van der Waals surface area contributed by atoms with Crippen LogP contribution in [0.3, 0.4) is 0 Å². The summed E-state index contributed by atoms with van der Waals surface area (Å²) in [7, 11) is 1.55. The molecule has 7 heteroatoms. The Kier molecular flexibility index (Phi) is 7.69. The molecule has 3 unspecified atom stereocenters. The zero-order valence-corrected chi connectivity index (χ0v) is 20.5. The number of thiophene rings is 1. The van der Waals surface area contributed by atoms with Crippen LogP contribution in [0.4, 0.5) is 5.69 Å². The molecule has 0 saturated heterocycles. The zero-order chi connectivity index (χ0) is 23.6. The van der Waals surface area contributed by atoms with Crippen molar-refractivity contribution < 1.29 is 24.5 Å². The highest BCUT2D eigenvalue weighted by atomic mass is 32.1. The van der Waals surface area contributed by atoms with Gasteiger partial charge in [0.2, 0.25) is 5.91 Å². The van der Waals surface area contributed by atoms with Crippen LogP contribution in [-0.4, -0.2) is 47.4 Å². The second-order valence-electron chi connectivity index (χ2n) is 10.3. The van der Waals surface area contributed by atoms with Crippen LogP contribution in [0.25, 0.3) is 0 Å². The van der Waals surface area contributed by atoms with Crippen LogP contribution in [0.5, 0.6) is 0 Å². The maximum Gasteiger partial charge on any atom is 0.348 e. The quantitative estimate of drug-likeness (QED) is 0.629. The molecule has 2 fully saturated rings. The first-order valence-electron chi connectivity index (χ1n) is 11.4. The number of aromatic carboxylic acids is 1.